The van der Waals surface area contributed by atoms with Crippen LogP contribution in [0.1, 0.15) is 0 Å². The number of rotatable bonds is 1. The molecule has 0 saturated heterocycles. The molecule has 0 nitrogen and oxygen atoms in total. The van der Waals surface area contributed by atoms with Gasteiger partial charge >= 0.3 is 19.0 Å². The van der Waals surface area contributed by atoms with Crippen molar-refractivity contribution in [3.63, 3.8) is 0 Å². The fourth-order valence-corrected chi connectivity index (χ4v) is 3.16. The molecule has 16 heavy (non-hydrogen) atoms. The van der Waals surface area contributed by atoms with Crippen LogP contribution in [0.3, 0.4) is 0 Å². The highest BCUT2D eigenvalue weighted by molar-refractivity contribution is 7.29. The Morgan fingerprint density at radius 1 is 0.812 bits per heavy atom. The van der Waals surface area contributed by atoms with E-state index in [1.165, 1.54) is 6.07 Å². The lowest BCUT2D eigenvalue weighted by molar-refractivity contribution is -0.104. The highest BCUT2D eigenvalue weighted by atomic mass is 35.6. The van der Waals surface area contributed by atoms with E-state index in [4.69, 9.17) is 11.1 Å². The molecule has 0 aromatic heterocycles. The molecule has 0 aliphatic carbocycles. The number of benzene rings is 1. The van der Waals surface area contributed by atoms with Gasteiger partial charge in [-0.05, 0) is 5.19 Å². The predicted octanol–water partition coefficient (Wildman–Crippen LogP) is 3.28. The van der Waals surface area contributed by atoms with E-state index in [1.807, 2.05) is 0 Å². The molecule has 1 aromatic carbocycles. The quantitative estimate of drug-likeness (QED) is 0.420. The van der Waals surface area contributed by atoms with Crippen molar-refractivity contribution in [3.8, 4) is 0 Å². The van der Waals surface area contributed by atoms with Crippen LogP contribution in [0, 0.1) is 0 Å². The van der Waals surface area contributed by atoms with Gasteiger partial charge in [-0.15, -0.1) is 11.1 Å². The molecule has 0 aliphatic heterocycles. The van der Waals surface area contributed by atoms with Crippen molar-refractivity contribution in [2.24, 2.45) is 0 Å². The molecule has 0 saturated carbocycles. The molecule has 0 aliphatic rings. The molecule has 0 N–H and O–H groups in total. The van der Waals surface area contributed by atoms with Crippen LogP contribution in [-0.4, -0.2) is 19.0 Å². The van der Waals surface area contributed by atoms with E-state index >= 15 is 0 Å². The number of halogens is 7. The fraction of sp³-hybridized carbons (Fsp3) is 0.250. The molecular weight excluding hydrogens is 274 g/mol. The molecule has 0 heterocycles. The van der Waals surface area contributed by atoms with Crippen molar-refractivity contribution in [1.29, 1.82) is 0 Å². The van der Waals surface area contributed by atoms with Gasteiger partial charge in [-0.2, -0.15) is 26.3 Å². The maximum absolute atomic E-state index is 12.5. The minimum atomic E-state index is -6.06. The van der Waals surface area contributed by atoms with Crippen LogP contribution < -0.4 is 5.19 Å². The van der Waals surface area contributed by atoms with Gasteiger partial charge in [0.2, 0.25) is 0 Å². The van der Waals surface area contributed by atoms with Gasteiger partial charge in [-0.3, -0.25) is 0 Å². The van der Waals surface area contributed by atoms with Crippen LogP contribution >= 0.6 is 11.1 Å². The van der Waals surface area contributed by atoms with Crippen LogP contribution in [0.4, 0.5) is 26.3 Å². The first-order chi connectivity index (χ1) is 7.11. The Morgan fingerprint density at radius 2 is 1.19 bits per heavy atom. The Morgan fingerprint density at radius 3 is 1.50 bits per heavy atom. The van der Waals surface area contributed by atoms with Gasteiger partial charge in [0.15, 0.2) is 0 Å². The lowest BCUT2D eigenvalue weighted by Crippen LogP contribution is -2.66. The van der Waals surface area contributed by atoms with E-state index in [-0.39, 0.29) is 0 Å². The van der Waals surface area contributed by atoms with Crippen molar-refractivity contribution >= 4 is 23.6 Å². The maximum atomic E-state index is 12.5. The van der Waals surface area contributed by atoms with Crippen LogP contribution in [0.2, 0.25) is 0 Å². The third-order valence-corrected chi connectivity index (χ3v) is 6.58. The van der Waals surface area contributed by atoms with E-state index < -0.39 is 24.2 Å². The normalized spacial score (nSPS) is 13.9. The lowest BCUT2D eigenvalue weighted by atomic mass is 10.4. The van der Waals surface area contributed by atoms with Gasteiger partial charge in [0, 0.05) is 0 Å². The van der Waals surface area contributed by atoms with Gasteiger partial charge in [-0.25, -0.2) is 0 Å². The number of alkyl halides is 6. The highest BCUT2D eigenvalue weighted by Crippen LogP contribution is 2.43. The zero-order valence-corrected chi connectivity index (χ0v) is 9.29. The molecule has 0 fully saturated rings. The van der Waals surface area contributed by atoms with Gasteiger partial charge in [0.25, 0.3) is 0 Å². The van der Waals surface area contributed by atoms with E-state index in [0.29, 0.717) is 0 Å². The Bertz CT molecular complexity index is 343. The second kappa shape index (κ2) is 3.96. The molecule has 0 amide bonds. The van der Waals surface area contributed by atoms with Gasteiger partial charge in [-0.1, -0.05) is 30.3 Å². The molecule has 0 bridgehead atoms. The third-order valence-electron chi connectivity index (χ3n) is 1.95. The molecule has 0 atom stereocenters. The monoisotopic (exact) mass is 278 g/mol. The second-order valence-electron chi connectivity index (χ2n) is 3.02. The van der Waals surface area contributed by atoms with Crippen LogP contribution in [0.5, 0.6) is 0 Å². The standard InChI is InChI=1S/C8H5ClF6Si/c9-16(7(10,11)12,8(13,14)15)6-4-2-1-3-5-6/h1-5H. The number of hydrogen-bond acceptors (Lipinski definition) is 0. The van der Waals surface area contributed by atoms with Crippen molar-refractivity contribution in [2.45, 2.75) is 11.6 Å². The fourth-order valence-electron chi connectivity index (χ4n) is 1.16. The molecule has 90 valence electrons. The van der Waals surface area contributed by atoms with E-state index in [2.05, 4.69) is 0 Å². The first kappa shape index (κ1) is 13.4. The Hall–Kier alpha value is -0.693. The second-order valence-corrected chi connectivity index (χ2v) is 7.75. The zero-order chi connectivity index (χ0) is 12.6. The molecular formula is C8H5ClF6Si. The summed E-state index contributed by atoms with van der Waals surface area (Å²) in [7, 11) is -6.06. The molecule has 0 unspecified atom stereocenters. The first-order valence-corrected chi connectivity index (χ1v) is 7.00. The summed E-state index contributed by atoms with van der Waals surface area (Å²) in [6.45, 7) is 0. The van der Waals surface area contributed by atoms with Crippen molar-refractivity contribution in [1.82, 2.24) is 0 Å². The van der Waals surface area contributed by atoms with Crippen molar-refractivity contribution in [2.75, 3.05) is 0 Å². The van der Waals surface area contributed by atoms with Crippen molar-refractivity contribution < 1.29 is 26.3 Å². The SMILES string of the molecule is FC(F)(F)[Si](Cl)(c1ccccc1)C(F)(F)F. The minimum absolute atomic E-state index is 0.750. The summed E-state index contributed by atoms with van der Waals surface area (Å²) < 4.78 is 75.0. The summed E-state index contributed by atoms with van der Waals surface area (Å²) in [5.74, 6) is -11.0. The molecule has 8 heteroatoms. The van der Waals surface area contributed by atoms with E-state index in [0.717, 1.165) is 24.3 Å². The van der Waals surface area contributed by atoms with Crippen LogP contribution in [0.15, 0.2) is 30.3 Å². The Labute approximate surface area is 92.5 Å². The Kier molecular flexibility index (Phi) is 3.31. The molecule has 0 radical (unpaired) electrons. The summed E-state index contributed by atoms with van der Waals surface area (Å²) in [5, 5.41) is -0.906. The Balaban J connectivity index is 3.39. The van der Waals surface area contributed by atoms with E-state index in [9.17, 15) is 26.3 Å². The maximum Gasteiger partial charge on any atom is 0.426 e. The molecule has 0 spiro atoms. The zero-order valence-electron chi connectivity index (χ0n) is 7.53. The van der Waals surface area contributed by atoms with Crippen LogP contribution in [-0.2, 0) is 0 Å². The average molecular weight is 279 g/mol. The summed E-state index contributed by atoms with van der Waals surface area (Å²) in [6.07, 6.45) is 0. The van der Waals surface area contributed by atoms with Crippen LogP contribution in [0.25, 0.3) is 0 Å². The average Bonchev–Trinajstić information content (AvgIpc) is 2.14. The molecule has 1 aromatic rings. The first-order valence-electron chi connectivity index (χ1n) is 3.98. The smallest absolute Gasteiger partial charge is 0.174 e. The highest BCUT2D eigenvalue weighted by Gasteiger charge is 2.74. The van der Waals surface area contributed by atoms with Gasteiger partial charge < -0.3 is 0 Å². The summed E-state index contributed by atoms with van der Waals surface area (Å²) >= 11 is 4.91. The summed E-state index contributed by atoms with van der Waals surface area (Å²) in [6, 6.07) is 5.01. The van der Waals surface area contributed by atoms with Gasteiger partial charge in [0.05, 0.1) is 0 Å². The third kappa shape index (κ3) is 2.06. The van der Waals surface area contributed by atoms with E-state index in [1.54, 1.807) is 0 Å². The topological polar surface area (TPSA) is 0 Å². The minimum Gasteiger partial charge on any atom is -0.174 e. The van der Waals surface area contributed by atoms with Gasteiger partial charge in [0.1, 0.15) is 0 Å². The largest absolute Gasteiger partial charge is 0.426 e. The summed E-state index contributed by atoms with van der Waals surface area (Å²) in [4.78, 5) is 0. The lowest BCUT2D eigenvalue weighted by Gasteiger charge is -2.28. The predicted molar refractivity (Wildman–Crippen MR) is 49.8 cm³/mol. The van der Waals surface area contributed by atoms with Crippen molar-refractivity contribution in [3.05, 3.63) is 30.3 Å². The summed E-state index contributed by atoms with van der Waals surface area (Å²) in [5.41, 5.74) is 0. The number of hydrogen-bond donors (Lipinski definition) is 0. The molecule has 1 rings (SSSR count).